The highest BCUT2D eigenvalue weighted by Crippen LogP contribution is 2.20. The summed E-state index contributed by atoms with van der Waals surface area (Å²) in [7, 11) is 1.64. The number of hydrogen-bond donors (Lipinski definition) is 0. The molecule has 0 fully saturated rings. The minimum atomic E-state index is -0.312. The molecule has 0 heterocycles. The summed E-state index contributed by atoms with van der Waals surface area (Å²) in [5, 5.41) is 0.507. The van der Waals surface area contributed by atoms with E-state index < -0.39 is 0 Å². The lowest BCUT2D eigenvalue weighted by Gasteiger charge is -2.18. The van der Waals surface area contributed by atoms with Gasteiger partial charge in [-0.1, -0.05) is 29.8 Å². The Morgan fingerprint density at radius 3 is 2.70 bits per heavy atom. The van der Waals surface area contributed by atoms with Gasteiger partial charge in [-0.3, -0.25) is 4.79 Å². The molecule has 0 aliphatic rings. The molecule has 0 atom stereocenters. The van der Waals surface area contributed by atoms with Crippen molar-refractivity contribution in [2.75, 3.05) is 7.05 Å². The van der Waals surface area contributed by atoms with E-state index in [1.54, 1.807) is 43.4 Å². The van der Waals surface area contributed by atoms with Crippen LogP contribution in [-0.4, -0.2) is 17.9 Å². The Balaban J connectivity index is 2.21. The molecule has 2 aromatic carbocycles. The lowest BCUT2D eigenvalue weighted by atomic mass is 10.1. The van der Waals surface area contributed by atoms with Crippen molar-refractivity contribution in [1.82, 2.24) is 4.90 Å². The molecule has 20 heavy (non-hydrogen) atoms. The average molecular weight is 404 g/mol. The normalized spacial score (nSPS) is 10.4. The van der Waals surface area contributed by atoms with Crippen LogP contribution < -0.4 is 0 Å². The van der Waals surface area contributed by atoms with E-state index in [4.69, 9.17) is 11.6 Å². The van der Waals surface area contributed by atoms with Crippen LogP contribution in [0.2, 0.25) is 5.02 Å². The second kappa shape index (κ2) is 6.54. The summed E-state index contributed by atoms with van der Waals surface area (Å²) < 4.78 is 14.4. The second-order valence-corrected chi connectivity index (χ2v) is 5.98. The van der Waals surface area contributed by atoms with Crippen LogP contribution in [0, 0.1) is 9.39 Å². The zero-order valence-corrected chi connectivity index (χ0v) is 13.7. The quantitative estimate of drug-likeness (QED) is 0.698. The molecule has 2 aromatic rings. The van der Waals surface area contributed by atoms with Gasteiger partial charge in [0.25, 0.3) is 5.91 Å². The van der Waals surface area contributed by atoms with E-state index >= 15 is 0 Å². The smallest absolute Gasteiger partial charge is 0.255 e. The molecule has 0 aliphatic carbocycles. The van der Waals surface area contributed by atoms with Crippen LogP contribution in [0.25, 0.3) is 0 Å². The lowest BCUT2D eigenvalue weighted by Crippen LogP contribution is -2.27. The SMILES string of the molecule is CN(Cc1ccccc1F)C(=O)c1cc(Cl)ccc1I. The molecule has 0 bridgehead atoms. The molecule has 2 rings (SSSR count). The van der Waals surface area contributed by atoms with Gasteiger partial charge < -0.3 is 4.90 Å². The summed E-state index contributed by atoms with van der Waals surface area (Å²) in [6.07, 6.45) is 0. The van der Waals surface area contributed by atoms with E-state index in [1.807, 2.05) is 0 Å². The highest BCUT2D eigenvalue weighted by molar-refractivity contribution is 14.1. The number of nitrogens with zero attached hydrogens (tertiary/aromatic N) is 1. The monoisotopic (exact) mass is 403 g/mol. The first-order valence-corrected chi connectivity index (χ1v) is 7.38. The van der Waals surface area contributed by atoms with Crippen LogP contribution in [0.5, 0.6) is 0 Å². The molecule has 0 N–H and O–H groups in total. The van der Waals surface area contributed by atoms with Gasteiger partial charge in [0.05, 0.1) is 5.56 Å². The Morgan fingerprint density at radius 1 is 1.30 bits per heavy atom. The molecule has 0 spiro atoms. The third-order valence-corrected chi connectivity index (χ3v) is 4.05. The third kappa shape index (κ3) is 3.49. The van der Waals surface area contributed by atoms with Gasteiger partial charge in [0.15, 0.2) is 0 Å². The first-order valence-electron chi connectivity index (χ1n) is 5.93. The van der Waals surface area contributed by atoms with Crippen LogP contribution in [0.3, 0.4) is 0 Å². The van der Waals surface area contributed by atoms with Gasteiger partial charge in [-0.25, -0.2) is 4.39 Å². The van der Waals surface area contributed by atoms with E-state index in [0.717, 1.165) is 3.57 Å². The van der Waals surface area contributed by atoms with Crippen molar-refractivity contribution in [3.8, 4) is 0 Å². The molecule has 0 aliphatic heterocycles. The van der Waals surface area contributed by atoms with Crippen molar-refractivity contribution in [2.24, 2.45) is 0 Å². The van der Waals surface area contributed by atoms with Crippen molar-refractivity contribution >= 4 is 40.1 Å². The molecule has 5 heteroatoms. The molecule has 2 nitrogen and oxygen atoms in total. The Bertz CT molecular complexity index is 648. The van der Waals surface area contributed by atoms with E-state index in [0.29, 0.717) is 16.1 Å². The molecule has 0 saturated heterocycles. The number of hydrogen-bond acceptors (Lipinski definition) is 1. The highest BCUT2D eigenvalue weighted by Gasteiger charge is 2.16. The summed E-state index contributed by atoms with van der Waals surface area (Å²) in [4.78, 5) is 13.9. The van der Waals surface area contributed by atoms with E-state index in [2.05, 4.69) is 22.6 Å². The Hall–Kier alpha value is -1.14. The summed E-state index contributed by atoms with van der Waals surface area (Å²) >= 11 is 8.00. The number of amides is 1. The first-order chi connectivity index (χ1) is 9.49. The van der Waals surface area contributed by atoms with Crippen molar-refractivity contribution in [2.45, 2.75) is 6.54 Å². The molecule has 0 unspecified atom stereocenters. The van der Waals surface area contributed by atoms with Crippen molar-refractivity contribution in [3.63, 3.8) is 0 Å². The summed E-state index contributed by atoms with van der Waals surface area (Å²) in [5.74, 6) is -0.493. The largest absolute Gasteiger partial charge is 0.337 e. The maximum absolute atomic E-state index is 13.6. The van der Waals surface area contributed by atoms with Gasteiger partial charge in [0.2, 0.25) is 0 Å². The fraction of sp³-hybridized carbons (Fsp3) is 0.133. The number of carbonyl (C=O) groups excluding carboxylic acids is 1. The first kappa shape index (κ1) is 15.3. The maximum Gasteiger partial charge on any atom is 0.255 e. The van der Waals surface area contributed by atoms with Gasteiger partial charge in [-0.15, -0.1) is 0 Å². The molecular formula is C15H12ClFINO. The zero-order chi connectivity index (χ0) is 14.7. The number of benzene rings is 2. The van der Waals surface area contributed by atoms with E-state index in [9.17, 15) is 9.18 Å². The molecular weight excluding hydrogens is 392 g/mol. The zero-order valence-electron chi connectivity index (χ0n) is 10.7. The third-order valence-electron chi connectivity index (χ3n) is 2.87. The Labute approximate surface area is 135 Å². The molecule has 1 amide bonds. The highest BCUT2D eigenvalue weighted by atomic mass is 127. The van der Waals surface area contributed by atoms with E-state index in [-0.39, 0.29) is 18.3 Å². The van der Waals surface area contributed by atoms with E-state index in [1.165, 1.54) is 11.0 Å². The van der Waals surface area contributed by atoms with Crippen molar-refractivity contribution in [1.29, 1.82) is 0 Å². The van der Waals surface area contributed by atoms with Gasteiger partial charge in [0.1, 0.15) is 5.82 Å². The van der Waals surface area contributed by atoms with Gasteiger partial charge in [-0.2, -0.15) is 0 Å². The van der Waals surface area contributed by atoms with Crippen molar-refractivity contribution in [3.05, 3.63) is 68.0 Å². The molecule has 0 radical (unpaired) electrons. The Morgan fingerprint density at radius 2 is 2.00 bits per heavy atom. The minimum absolute atomic E-state index is 0.180. The van der Waals surface area contributed by atoms with Gasteiger partial charge in [0, 0.05) is 27.7 Å². The molecule has 0 saturated carbocycles. The maximum atomic E-state index is 13.6. The Kier molecular flexibility index (Phi) is 4.99. The molecule has 0 aromatic heterocycles. The van der Waals surface area contributed by atoms with Crippen LogP contribution in [-0.2, 0) is 6.54 Å². The second-order valence-electron chi connectivity index (χ2n) is 4.38. The van der Waals surface area contributed by atoms with Gasteiger partial charge in [-0.05, 0) is 46.9 Å². The fourth-order valence-corrected chi connectivity index (χ4v) is 2.56. The van der Waals surface area contributed by atoms with Crippen LogP contribution in [0.4, 0.5) is 4.39 Å². The number of carbonyl (C=O) groups is 1. The number of halogens is 3. The lowest BCUT2D eigenvalue weighted by molar-refractivity contribution is 0.0783. The predicted molar refractivity (Wildman–Crippen MR) is 86.4 cm³/mol. The average Bonchev–Trinajstić information content (AvgIpc) is 2.43. The topological polar surface area (TPSA) is 20.3 Å². The fourth-order valence-electron chi connectivity index (χ4n) is 1.82. The van der Waals surface area contributed by atoms with Crippen LogP contribution in [0.1, 0.15) is 15.9 Å². The molecule has 104 valence electrons. The van der Waals surface area contributed by atoms with Gasteiger partial charge >= 0.3 is 0 Å². The standard InChI is InChI=1S/C15H12ClFINO/c1-19(9-10-4-2-3-5-13(10)17)15(20)12-8-11(16)6-7-14(12)18/h2-8H,9H2,1H3. The summed E-state index contributed by atoms with van der Waals surface area (Å²) in [6.45, 7) is 0.216. The van der Waals surface area contributed by atoms with Crippen LogP contribution >= 0.6 is 34.2 Å². The summed E-state index contributed by atoms with van der Waals surface area (Å²) in [5.41, 5.74) is 1.01. The number of rotatable bonds is 3. The summed E-state index contributed by atoms with van der Waals surface area (Å²) in [6, 6.07) is 11.6. The van der Waals surface area contributed by atoms with Crippen molar-refractivity contribution < 1.29 is 9.18 Å². The van der Waals surface area contributed by atoms with Crippen LogP contribution in [0.15, 0.2) is 42.5 Å². The predicted octanol–water partition coefficient (Wildman–Crippen LogP) is 4.36. The minimum Gasteiger partial charge on any atom is -0.337 e.